The lowest BCUT2D eigenvalue weighted by Gasteiger charge is -2.05. The van der Waals surface area contributed by atoms with Crippen LogP contribution in [0.4, 0.5) is 10.1 Å². The van der Waals surface area contributed by atoms with E-state index in [-0.39, 0.29) is 11.5 Å². The molecule has 1 heterocycles. The molecule has 0 fully saturated rings. The number of carbonyl (C=O) groups is 1. The average molecular weight is 257 g/mol. The second-order valence-corrected chi connectivity index (χ2v) is 4.54. The molecule has 96 valence electrons. The molecule has 1 aliphatic heterocycles. The van der Waals surface area contributed by atoms with Crippen molar-refractivity contribution in [2.75, 3.05) is 5.73 Å². The van der Waals surface area contributed by atoms with Crippen LogP contribution >= 0.6 is 0 Å². The lowest BCUT2D eigenvalue weighted by molar-refractivity contribution is 0.103. The number of halogens is 1. The molecule has 0 saturated heterocycles. The van der Waals surface area contributed by atoms with Gasteiger partial charge in [-0.25, -0.2) is 4.39 Å². The standard InChI is InChI=1S/C15H12FNO2/c16-13-6-10(3-4-14(13)17)15(18)9-1-2-11-7-19-8-12(11)5-9/h1-6H,7-8,17H2. The molecular formula is C15H12FNO2. The van der Waals surface area contributed by atoms with Crippen LogP contribution in [0.5, 0.6) is 0 Å². The third-order valence-corrected chi connectivity index (χ3v) is 3.25. The first-order valence-corrected chi connectivity index (χ1v) is 5.94. The van der Waals surface area contributed by atoms with Gasteiger partial charge in [-0.1, -0.05) is 12.1 Å². The molecule has 0 spiro atoms. The van der Waals surface area contributed by atoms with Gasteiger partial charge in [-0.2, -0.15) is 0 Å². The highest BCUT2D eigenvalue weighted by Crippen LogP contribution is 2.23. The quantitative estimate of drug-likeness (QED) is 0.664. The van der Waals surface area contributed by atoms with Gasteiger partial charge in [0.2, 0.25) is 0 Å². The Balaban J connectivity index is 1.97. The van der Waals surface area contributed by atoms with Crippen LogP contribution in [0.2, 0.25) is 0 Å². The van der Waals surface area contributed by atoms with Crippen LogP contribution in [-0.2, 0) is 18.0 Å². The summed E-state index contributed by atoms with van der Waals surface area (Å²) in [7, 11) is 0. The van der Waals surface area contributed by atoms with Gasteiger partial charge >= 0.3 is 0 Å². The first kappa shape index (κ1) is 11.9. The van der Waals surface area contributed by atoms with Gasteiger partial charge in [0.1, 0.15) is 5.82 Å². The summed E-state index contributed by atoms with van der Waals surface area (Å²) < 4.78 is 18.7. The van der Waals surface area contributed by atoms with E-state index >= 15 is 0 Å². The molecule has 0 radical (unpaired) electrons. The molecule has 0 saturated carbocycles. The number of anilines is 1. The van der Waals surface area contributed by atoms with Crippen LogP contribution in [0, 0.1) is 5.82 Å². The van der Waals surface area contributed by atoms with Gasteiger partial charge in [-0.05, 0) is 35.4 Å². The Morgan fingerprint density at radius 1 is 1.05 bits per heavy atom. The number of rotatable bonds is 2. The van der Waals surface area contributed by atoms with E-state index in [1.807, 2.05) is 6.07 Å². The lowest BCUT2D eigenvalue weighted by atomic mass is 9.99. The van der Waals surface area contributed by atoms with Crippen LogP contribution in [0.3, 0.4) is 0 Å². The van der Waals surface area contributed by atoms with Gasteiger partial charge in [0, 0.05) is 11.1 Å². The smallest absolute Gasteiger partial charge is 0.193 e. The third kappa shape index (κ3) is 2.11. The van der Waals surface area contributed by atoms with E-state index in [0.717, 1.165) is 11.1 Å². The van der Waals surface area contributed by atoms with Crippen LogP contribution in [-0.4, -0.2) is 5.78 Å². The summed E-state index contributed by atoms with van der Waals surface area (Å²) in [6.45, 7) is 1.10. The van der Waals surface area contributed by atoms with E-state index in [4.69, 9.17) is 10.5 Å². The average Bonchev–Trinajstić information content (AvgIpc) is 2.88. The molecule has 4 heteroatoms. The van der Waals surface area contributed by atoms with Crippen molar-refractivity contribution in [2.45, 2.75) is 13.2 Å². The van der Waals surface area contributed by atoms with Crippen molar-refractivity contribution >= 4 is 11.5 Å². The van der Waals surface area contributed by atoms with E-state index in [2.05, 4.69) is 0 Å². The molecule has 0 unspecified atom stereocenters. The second-order valence-electron chi connectivity index (χ2n) is 4.54. The molecule has 0 bridgehead atoms. The molecule has 19 heavy (non-hydrogen) atoms. The number of nitrogen functional groups attached to an aromatic ring is 1. The number of ether oxygens (including phenoxy) is 1. The predicted octanol–water partition coefficient (Wildman–Crippen LogP) is 2.67. The third-order valence-electron chi connectivity index (χ3n) is 3.25. The highest BCUT2D eigenvalue weighted by Gasteiger charge is 2.16. The topological polar surface area (TPSA) is 52.3 Å². The van der Waals surface area contributed by atoms with E-state index in [9.17, 15) is 9.18 Å². The number of hydrogen-bond acceptors (Lipinski definition) is 3. The Hall–Kier alpha value is -2.20. The highest BCUT2D eigenvalue weighted by atomic mass is 19.1. The van der Waals surface area contributed by atoms with Gasteiger partial charge < -0.3 is 10.5 Å². The Morgan fingerprint density at radius 3 is 2.53 bits per heavy atom. The number of benzene rings is 2. The van der Waals surface area contributed by atoms with Crippen molar-refractivity contribution in [2.24, 2.45) is 0 Å². The first-order chi connectivity index (χ1) is 9.15. The van der Waals surface area contributed by atoms with Crippen molar-refractivity contribution in [3.63, 3.8) is 0 Å². The molecule has 0 atom stereocenters. The summed E-state index contributed by atoms with van der Waals surface area (Å²) in [5.41, 5.74) is 8.38. The maximum atomic E-state index is 13.4. The normalized spacial score (nSPS) is 13.3. The minimum absolute atomic E-state index is 0.0407. The zero-order chi connectivity index (χ0) is 13.4. The SMILES string of the molecule is Nc1ccc(C(=O)c2ccc3c(c2)COC3)cc1F. The number of hydrogen-bond donors (Lipinski definition) is 1. The summed E-state index contributed by atoms with van der Waals surface area (Å²) in [6, 6.07) is 9.52. The van der Waals surface area contributed by atoms with Gasteiger partial charge in [-0.3, -0.25) is 4.79 Å². The fraction of sp³-hybridized carbons (Fsp3) is 0.133. The van der Waals surface area contributed by atoms with Crippen molar-refractivity contribution in [1.82, 2.24) is 0 Å². The van der Waals surface area contributed by atoms with Crippen LogP contribution in [0.25, 0.3) is 0 Å². The zero-order valence-electron chi connectivity index (χ0n) is 10.2. The molecule has 0 amide bonds. The van der Waals surface area contributed by atoms with Crippen molar-refractivity contribution in [3.05, 3.63) is 64.5 Å². The first-order valence-electron chi connectivity index (χ1n) is 5.94. The van der Waals surface area contributed by atoms with E-state index in [1.54, 1.807) is 12.1 Å². The summed E-state index contributed by atoms with van der Waals surface area (Å²) in [6.07, 6.45) is 0. The predicted molar refractivity (Wildman–Crippen MR) is 69.2 cm³/mol. The van der Waals surface area contributed by atoms with Crippen LogP contribution < -0.4 is 5.73 Å². The van der Waals surface area contributed by atoms with E-state index in [0.29, 0.717) is 24.3 Å². The molecule has 0 aliphatic carbocycles. The van der Waals surface area contributed by atoms with Crippen molar-refractivity contribution < 1.29 is 13.9 Å². The summed E-state index contributed by atoms with van der Waals surface area (Å²) in [4.78, 5) is 12.3. The molecule has 3 nitrogen and oxygen atoms in total. The second kappa shape index (κ2) is 4.48. The van der Waals surface area contributed by atoms with E-state index in [1.165, 1.54) is 18.2 Å². The number of fused-ring (bicyclic) bond motifs is 1. The minimum Gasteiger partial charge on any atom is -0.396 e. The monoisotopic (exact) mass is 257 g/mol. The number of ketones is 1. The van der Waals surface area contributed by atoms with Gasteiger partial charge in [0.05, 0.1) is 18.9 Å². The number of carbonyl (C=O) groups excluding carboxylic acids is 1. The molecule has 3 rings (SSSR count). The Morgan fingerprint density at radius 2 is 1.74 bits per heavy atom. The summed E-state index contributed by atoms with van der Waals surface area (Å²) in [5, 5.41) is 0. The molecule has 1 aliphatic rings. The largest absolute Gasteiger partial charge is 0.396 e. The van der Waals surface area contributed by atoms with E-state index < -0.39 is 5.82 Å². The fourth-order valence-corrected chi connectivity index (χ4v) is 2.15. The Labute approximate surface area is 109 Å². The summed E-state index contributed by atoms with van der Waals surface area (Å²) >= 11 is 0. The Bertz CT molecular complexity index is 667. The lowest BCUT2D eigenvalue weighted by Crippen LogP contribution is -2.04. The Kier molecular flexibility index (Phi) is 2.80. The number of nitrogens with two attached hydrogens (primary N) is 1. The molecule has 0 aromatic heterocycles. The van der Waals surface area contributed by atoms with Gasteiger partial charge in [0.15, 0.2) is 5.78 Å². The van der Waals surface area contributed by atoms with Crippen molar-refractivity contribution in [3.8, 4) is 0 Å². The molecule has 2 N–H and O–H groups in total. The molecule has 2 aromatic rings. The minimum atomic E-state index is -0.574. The maximum absolute atomic E-state index is 13.4. The molecular weight excluding hydrogens is 245 g/mol. The van der Waals surface area contributed by atoms with Crippen LogP contribution in [0.15, 0.2) is 36.4 Å². The highest BCUT2D eigenvalue weighted by molar-refractivity contribution is 6.09. The fourth-order valence-electron chi connectivity index (χ4n) is 2.15. The maximum Gasteiger partial charge on any atom is 0.193 e. The van der Waals surface area contributed by atoms with Gasteiger partial charge in [0.25, 0.3) is 0 Å². The summed E-state index contributed by atoms with van der Waals surface area (Å²) in [5.74, 6) is -0.788. The van der Waals surface area contributed by atoms with Crippen molar-refractivity contribution in [1.29, 1.82) is 0 Å². The molecule has 2 aromatic carbocycles. The zero-order valence-corrected chi connectivity index (χ0v) is 10.2. The van der Waals surface area contributed by atoms with Gasteiger partial charge in [-0.15, -0.1) is 0 Å². The van der Waals surface area contributed by atoms with Crippen LogP contribution in [0.1, 0.15) is 27.0 Å².